The molecule has 3 aromatic rings. The topological polar surface area (TPSA) is 135 Å². The standard InChI is InChI=1S/C21H17N7O4S2/c1-3-31-16-7-12(6-14-18(22)28-20(25-19(14)30)33-10-23-28)4-5-15(16)32-9-13-8-17(29)27-21(24-13)34-11(2)26-27/h4-8,10,22H,3,9H2,1-2H3/b14-6-,22-18?. The summed E-state index contributed by atoms with van der Waals surface area (Å²) in [4.78, 5) is 33.6. The molecule has 172 valence electrons. The van der Waals surface area contributed by atoms with Gasteiger partial charge in [-0.15, -0.1) is 0 Å². The van der Waals surface area contributed by atoms with E-state index in [0.29, 0.717) is 39.5 Å². The van der Waals surface area contributed by atoms with E-state index in [1.807, 2.05) is 13.8 Å². The van der Waals surface area contributed by atoms with Gasteiger partial charge in [0.05, 0.1) is 23.4 Å². The molecular weight excluding hydrogens is 478 g/mol. The maximum absolute atomic E-state index is 12.4. The number of fused-ring (bicyclic) bond motifs is 2. The second-order valence-electron chi connectivity index (χ2n) is 7.09. The number of rotatable bonds is 6. The number of aliphatic imine (C=N–C) groups is 1. The van der Waals surface area contributed by atoms with Crippen LogP contribution >= 0.6 is 23.1 Å². The maximum Gasteiger partial charge on any atom is 0.283 e. The van der Waals surface area contributed by atoms with Crippen LogP contribution in [0.15, 0.2) is 44.7 Å². The van der Waals surface area contributed by atoms with E-state index in [1.165, 1.54) is 44.2 Å². The molecule has 0 saturated heterocycles. The number of carbonyl (C=O) groups excluding carboxylic acids is 1. The van der Waals surface area contributed by atoms with E-state index in [0.717, 1.165) is 5.01 Å². The van der Waals surface area contributed by atoms with E-state index < -0.39 is 5.91 Å². The predicted octanol–water partition coefficient (Wildman–Crippen LogP) is 2.69. The second-order valence-corrected chi connectivity index (χ2v) is 9.06. The molecule has 0 unspecified atom stereocenters. The lowest BCUT2D eigenvalue weighted by molar-refractivity contribution is -0.114. The number of nitrogens with zero attached hydrogens (tertiary/aromatic N) is 6. The molecule has 0 spiro atoms. The molecule has 0 saturated carbocycles. The molecule has 13 heteroatoms. The van der Waals surface area contributed by atoms with Crippen molar-refractivity contribution in [2.75, 3.05) is 6.61 Å². The van der Waals surface area contributed by atoms with E-state index in [9.17, 15) is 9.59 Å². The Morgan fingerprint density at radius 3 is 2.85 bits per heavy atom. The van der Waals surface area contributed by atoms with Crippen molar-refractivity contribution >= 4 is 56.6 Å². The number of amidine groups is 2. The smallest absolute Gasteiger partial charge is 0.283 e. The average Bonchev–Trinajstić information content (AvgIpc) is 3.42. The van der Waals surface area contributed by atoms with E-state index in [1.54, 1.807) is 24.3 Å². The summed E-state index contributed by atoms with van der Waals surface area (Å²) in [7, 11) is 0. The van der Waals surface area contributed by atoms with Crippen LogP contribution in [-0.2, 0) is 11.4 Å². The number of amides is 1. The van der Waals surface area contributed by atoms with Crippen molar-refractivity contribution in [3.8, 4) is 11.5 Å². The molecule has 5 rings (SSSR count). The summed E-state index contributed by atoms with van der Waals surface area (Å²) < 4.78 is 12.9. The number of aryl methyl sites for hydroxylation is 1. The third-order valence-electron chi connectivity index (χ3n) is 4.75. The number of hydrazone groups is 1. The third kappa shape index (κ3) is 4.10. The normalized spacial score (nSPS) is 16.4. The van der Waals surface area contributed by atoms with Crippen molar-refractivity contribution in [2.45, 2.75) is 20.5 Å². The fourth-order valence-electron chi connectivity index (χ4n) is 3.28. The van der Waals surface area contributed by atoms with Gasteiger partial charge in [-0.1, -0.05) is 17.4 Å². The van der Waals surface area contributed by atoms with Crippen LogP contribution in [0, 0.1) is 12.3 Å². The van der Waals surface area contributed by atoms with Crippen molar-refractivity contribution in [1.29, 1.82) is 5.41 Å². The third-order valence-corrected chi connectivity index (χ3v) is 6.25. The minimum Gasteiger partial charge on any atom is -0.490 e. The number of hydrogen-bond donors (Lipinski definition) is 1. The molecule has 1 amide bonds. The minimum atomic E-state index is -0.501. The number of ether oxygens (including phenoxy) is 2. The van der Waals surface area contributed by atoms with Gasteiger partial charge in [-0.2, -0.15) is 24.7 Å². The van der Waals surface area contributed by atoms with Crippen LogP contribution < -0.4 is 15.0 Å². The summed E-state index contributed by atoms with van der Waals surface area (Å²) in [5.74, 6) is 0.369. The molecule has 0 bridgehead atoms. The lowest BCUT2D eigenvalue weighted by Crippen LogP contribution is -2.35. The van der Waals surface area contributed by atoms with E-state index in [-0.39, 0.29) is 23.6 Å². The lowest BCUT2D eigenvalue weighted by atomic mass is 10.1. The largest absolute Gasteiger partial charge is 0.490 e. The van der Waals surface area contributed by atoms with E-state index >= 15 is 0 Å². The Kier molecular flexibility index (Phi) is 5.71. The fourth-order valence-corrected chi connectivity index (χ4v) is 4.66. The molecule has 11 nitrogen and oxygen atoms in total. The molecule has 1 aromatic carbocycles. The van der Waals surface area contributed by atoms with Crippen molar-refractivity contribution in [2.24, 2.45) is 10.1 Å². The highest BCUT2D eigenvalue weighted by Crippen LogP contribution is 2.31. The highest BCUT2D eigenvalue weighted by Gasteiger charge is 2.32. The molecule has 2 aromatic heterocycles. The van der Waals surface area contributed by atoms with Crippen molar-refractivity contribution < 1.29 is 14.3 Å². The molecule has 0 fully saturated rings. The molecule has 2 aliphatic rings. The molecule has 0 atom stereocenters. The number of nitrogens with one attached hydrogen (secondary N) is 1. The first-order chi connectivity index (χ1) is 16.4. The molecule has 0 radical (unpaired) electrons. The van der Waals surface area contributed by atoms with E-state index in [2.05, 4.69) is 20.2 Å². The quantitative estimate of drug-likeness (QED) is 0.516. The van der Waals surface area contributed by atoms with Gasteiger partial charge in [0.15, 0.2) is 22.5 Å². The van der Waals surface area contributed by atoms with Crippen LogP contribution in [0.5, 0.6) is 11.5 Å². The Morgan fingerprint density at radius 2 is 2.03 bits per heavy atom. The minimum absolute atomic E-state index is 0.0411. The zero-order chi connectivity index (χ0) is 23.8. The first kappa shape index (κ1) is 22.0. The van der Waals surface area contributed by atoms with Crippen LogP contribution in [0.25, 0.3) is 11.0 Å². The number of carbonyl (C=O) groups is 1. The van der Waals surface area contributed by atoms with Crippen LogP contribution in [0.2, 0.25) is 0 Å². The molecule has 34 heavy (non-hydrogen) atoms. The summed E-state index contributed by atoms with van der Waals surface area (Å²) >= 11 is 2.51. The Morgan fingerprint density at radius 1 is 1.18 bits per heavy atom. The molecule has 1 N–H and O–H groups in total. The van der Waals surface area contributed by atoms with Gasteiger partial charge in [0.1, 0.15) is 11.6 Å². The first-order valence-electron chi connectivity index (χ1n) is 10.1. The Labute approximate surface area is 200 Å². The van der Waals surface area contributed by atoms with Gasteiger partial charge >= 0.3 is 0 Å². The van der Waals surface area contributed by atoms with Crippen molar-refractivity contribution in [3.05, 3.63) is 56.5 Å². The molecule has 4 heterocycles. The zero-order valence-electron chi connectivity index (χ0n) is 18.0. The van der Waals surface area contributed by atoms with Crippen LogP contribution in [-0.4, -0.2) is 48.7 Å². The van der Waals surface area contributed by atoms with Gasteiger partial charge in [0.25, 0.3) is 11.5 Å². The molecular formula is C21H17N7O4S2. The summed E-state index contributed by atoms with van der Waals surface area (Å²) in [6.07, 6.45) is 1.57. The van der Waals surface area contributed by atoms with Crippen molar-refractivity contribution in [1.82, 2.24) is 19.6 Å². The molecule has 2 aliphatic heterocycles. The summed E-state index contributed by atoms with van der Waals surface area (Å²) in [5, 5.41) is 18.9. The Balaban J connectivity index is 1.40. The number of hydrogen-bond acceptors (Lipinski definition) is 10. The summed E-state index contributed by atoms with van der Waals surface area (Å²) in [5.41, 5.74) is 2.49. The van der Waals surface area contributed by atoms with Gasteiger partial charge in [-0.3, -0.25) is 15.0 Å². The van der Waals surface area contributed by atoms with Crippen LogP contribution in [0.3, 0.4) is 0 Å². The number of thioether (sulfide) groups is 1. The van der Waals surface area contributed by atoms with Crippen molar-refractivity contribution in [3.63, 3.8) is 0 Å². The van der Waals surface area contributed by atoms with Crippen LogP contribution in [0.4, 0.5) is 0 Å². The van der Waals surface area contributed by atoms with Gasteiger partial charge < -0.3 is 9.47 Å². The SMILES string of the molecule is CCOc1cc(/C=C2/C(=N)N3N=CSC3=NC2=O)ccc1OCc1cc(=O)n2nc(C)sc2n1. The monoisotopic (exact) mass is 495 g/mol. The van der Waals surface area contributed by atoms with Gasteiger partial charge in [0, 0.05) is 6.07 Å². The van der Waals surface area contributed by atoms with Gasteiger partial charge in [-0.25, -0.2) is 4.98 Å². The fraction of sp³-hybridized carbons (Fsp3) is 0.190. The zero-order valence-corrected chi connectivity index (χ0v) is 19.6. The first-order valence-corrected chi connectivity index (χ1v) is 11.8. The van der Waals surface area contributed by atoms with Gasteiger partial charge in [-0.05, 0) is 49.4 Å². The average molecular weight is 496 g/mol. The second kappa shape index (κ2) is 8.83. The maximum atomic E-state index is 12.4. The predicted molar refractivity (Wildman–Crippen MR) is 130 cm³/mol. The number of aromatic nitrogens is 3. The highest BCUT2D eigenvalue weighted by atomic mass is 32.2. The van der Waals surface area contributed by atoms with E-state index in [4.69, 9.17) is 14.9 Å². The number of benzene rings is 1. The summed E-state index contributed by atoms with van der Waals surface area (Å²) in [6, 6.07) is 6.55. The van der Waals surface area contributed by atoms with Crippen LogP contribution in [0.1, 0.15) is 23.2 Å². The highest BCUT2D eigenvalue weighted by molar-refractivity contribution is 8.25. The van der Waals surface area contributed by atoms with Gasteiger partial charge in [0.2, 0.25) is 4.96 Å². The Bertz CT molecular complexity index is 1490. The Hall–Kier alpha value is -3.84. The summed E-state index contributed by atoms with van der Waals surface area (Å²) in [6.45, 7) is 4.11. The molecule has 0 aliphatic carbocycles. The lowest BCUT2D eigenvalue weighted by Gasteiger charge is -2.20.